The van der Waals surface area contributed by atoms with Gasteiger partial charge in [0.25, 0.3) is 5.91 Å². The first kappa shape index (κ1) is 28.6. The van der Waals surface area contributed by atoms with Crippen molar-refractivity contribution in [1.82, 2.24) is 14.1 Å². The van der Waals surface area contributed by atoms with Crippen LogP contribution in [0.2, 0.25) is 0 Å². The van der Waals surface area contributed by atoms with Gasteiger partial charge in [-0.25, -0.2) is 12.8 Å². The van der Waals surface area contributed by atoms with Gasteiger partial charge in [-0.3, -0.25) is 9.69 Å². The molecule has 3 rings (SSSR count). The monoisotopic (exact) mass is 531 g/mol. The van der Waals surface area contributed by atoms with E-state index in [2.05, 4.69) is 11.8 Å². The lowest BCUT2D eigenvalue weighted by Gasteiger charge is -2.37. The van der Waals surface area contributed by atoms with Gasteiger partial charge >= 0.3 is 0 Å². The number of hydrogen-bond acceptors (Lipinski definition) is 6. The topological polar surface area (TPSA) is 90.4 Å². The van der Waals surface area contributed by atoms with E-state index in [-0.39, 0.29) is 41.8 Å². The predicted octanol–water partition coefficient (Wildman–Crippen LogP) is 2.28. The van der Waals surface area contributed by atoms with Crippen molar-refractivity contribution < 1.29 is 27.4 Å². The summed E-state index contributed by atoms with van der Waals surface area (Å²) in [7, 11) is 1.35. The average molecular weight is 532 g/mol. The van der Waals surface area contributed by atoms with Crippen LogP contribution in [0.1, 0.15) is 29.8 Å². The molecule has 0 bridgehead atoms. The highest BCUT2D eigenvalue weighted by molar-refractivity contribution is 7.89. The third-order valence-corrected chi connectivity index (χ3v) is 8.22. The third kappa shape index (κ3) is 6.67. The second kappa shape index (κ2) is 12.0. The Morgan fingerprint density at radius 2 is 1.95 bits per heavy atom. The summed E-state index contributed by atoms with van der Waals surface area (Å²) >= 11 is 0. The molecule has 0 unspecified atom stereocenters. The van der Waals surface area contributed by atoms with Gasteiger partial charge in [0.1, 0.15) is 22.6 Å². The van der Waals surface area contributed by atoms with Crippen molar-refractivity contribution in [1.29, 1.82) is 0 Å². The molecular formula is C27H34FN3O5S. The van der Waals surface area contributed by atoms with Crippen molar-refractivity contribution in [2.24, 2.45) is 5.92 Å². The summed E-state index contributed by atoms with van der Waals surface area (Å²) in [6.45, 7) is 3.79. The molecule has 1 N–H and O–H groups in total. The summed E-state index contributed by atoms with van der Waals surface area (Å²) < 4.78 is 48.9. The maximum absolute atomic E-state index is 14.2. The van der Waals surface area contributed by atoms with Gasteiger partial charge < -0.3 is 14.7 Å². The van der Waals surface area contributed by atoms with Crippen molar-refractivity contribution in [3.63, 3.8) is 0 Å². The molecule has 0 aromatic heterocycles. The number of carbonyl (C=O) groups excluding carboxylic acids is 1. The van der Waals surface area contributed by atoms with E-state index < -0.39 is 33.9 Å². The molecule has 1 aliphatic rings. The number of nitrogens with zero attached hydrogens (tertiary/aromatic N) is 3. The fourth-order valence-electron chi connectivity index (χ4n) is 4.01. The van der Waals surface area contributed by atoms with Gasteiger partial charge in [-0.15, -0.1) is 0 Å². The van der Waals surface area contributed by atoms with E-state index >= 15 is 0 Å². The standard InChI is InChI=1S/C27H34FN3O5S/c1-19-16-31(20(2)18-32)37(34,35)26-13-12-21(9-8-14-29(3)4)15-24(26)36-25(19)17-30(5)27(33)22-10-6-7-11-23(22)28/h6-7,10-13,15,19-20,25,32H,14,16-18H2,1-5H3/t19-,20-,25-/m0/s1. The van der Waals surface area contributed by atoms with Crippen LogP contribution in [0.5, 0.6) is 5.75 Å². The van der Waals surface area contributed by atoms with Gasteiger partial charge in [-0.1, -0.05) is 30.9 Å². The van der Waals surface area contributed by atoms with Crippen LogP contribution in [0.4, 0.5) is 4.39 Å². The first-order chi connectivity index (χ1) is 17.4. The first-order valence-corrected chi connectivity index (χ1v) is 13.5. The van der Waals surface area contributed by atoms with E-state index in [1.54, 1.807) is 32.2 Å². The summed E-state index contributed by atoms with van der Waals surface area (Å²) in [5.41, 5.74) is 0.528. The molecule has 0 aliphatic carbocycles. The average Bonchev–Trinajstić information content (AvgIpc) is 2.85. The molecule has 0 saturated heterocycles. The Morgan fingerprint density at radius 3 is 2.59 bits per heavy atom. The molecule has 3 atom stereocenters. The number of benzene rings is 2. The fraction of sp³-hybridized carbons (Fsp3) is 0.444. The van der Waals surface area contributed by atoms with Gasteiger partial charge in [0.05, 0.1) is 25.3 Å². The Kier molecular flexibility index (Phi) is 9.31. The molecule has 2 aromatic carbocycles. The SMILES string of the molecule is C[C@H]1CN([C@@H](C)CO)S(=O)(=O)c2ccc(C#CCN(C)C)cc2O[C@H]1CN(C)C(=O)c1ccccc1F. The second-order valence-corrected chi connectivity index (χ2v) is 11.5. The first-order valence-electron chi connectivity index (χ1n) is 12.0. The van der Waals surface area contributed by atoms with Gasteiger partial charge in [0.2, 0.25) is 10.0 Å². The lowest BCUT2D eigenvalue weighted by Crippen LogP contribution is -2.50. The quantitative estimate of drug-likeness (QED) is 0.576. The van der Waals surface area contributed by atoms with E-state index in [1.165, 1.54) is 33.5 Å². The highest BCUT2D eigenvalue weighted by Crippen LogP contribution is 2.34. The van der Waals surface area contributed by atoms with Crippen LogP contribution in [0.15, 0.2) is 47.4 Å². The van der Waals surface area contributed by atoms with E-state index in [9.17, 15) is 22.7 Å². The second-order valence-electron chi connectivity index (χ2n) is 9.61. The van der Waals surface area contributed by atoms with Crippen molar-refractivity contribution in [3.8, 4) is 17.6 Å². The minimum absolute atomic E-state index is 0.0362. The number of likely N-dealkylation sites (N-methyl/N-ethyl adjacent to an activating group) is 1. The molecule has 1 heterocycles. The number of carbonyl (C=O) groups is 1. The molecular weight excluding hydrogens is 497 g/mol. The molecule has 0 saturated carbocycles. The fourth-order valence-corrected chi connectivity index (χ4v) is 5.84. The summed E-state index contributed by atoms with van der Waals surface area (Å²) in [4.78, 5) is 16.2. The van der Waals surface area contributed by atoms with Crippen LogP contribution in [0, 0.1) is 23.6 Å². The van der Waals surface area contributed by atoms with E-state index in [1.807, 2.05) is 25.9 Å². The minimum atomic E-state index is -3.99. The third-order valence-electron chi connectivity index (χ3n) is 6.20. The van der Waals surface area contributed by atoms with Crippen LogP contribution in [-0.4, -0.2) is 93.1 Å². The number of sulfonamides is 1. The van der Waals surface area contributed by atoms with E-state index in [0.717, 1.165) is 0 Å². The van der Waals surface area contributed by atoms with Crippen LogP contribution in [0.3, 0.4) is 0 Å². The van der Waals surface area contributed by atoms with Crippen LogP contribution in [0.25, 0.3) is 0 Å². The summed E-state index contributed by atoms with van der Waals surface area (Å²) in [5, 5.41) is 9.79. The molecule has 2 aromatic rings. The van der Waals surface area contributed by atoms with Crippen molar-refractivity contribution in [2.75, 3.05) is 47.4 Å². The molecule has 10 heteroatoms. The van der Waals surface area contributed by atoms with Crippen LogP contribution >= 0.6 is 0 Å². The van der Waals surface area contributed by atoms with E-state index in [0.29, 0.717) is 12.1 Å². The lowest BCUT2D eigenvalue weighted by atomic mass is 10.0. The molecule has 0 spiro atoms. The van der Waals surface area contributed by atoms with Crippen LogP contribution in [-0.2, 0) is 10.0 Å². The number of fused-ring (bicyclic) bond motifs is 1. The zero-order valence-electron chi connectivity index (χ0n) is 21.8. The van der Waals surface area contributed by atoms with Crippen molar-refractivity contribution in [2.45, 2.75) is 30.9 Å². The lowest BCUT2D eigenvalue weighted by molar-refractivity contribution is 0.0560. The molecule has 37 heavy (non-hydrogen) atoms. The van der Waals surface area contributed by atoms with Gasteiger partial charge in [0, 0.05) is 31.1 Å². The Bertz CT molecular complexity index is 1290. The highest BCUT2D eigenvalue weighted by Gasteiger charge is 2.38. The highest BCUT2D eigenvalue weighted by atomic mass is 32.2. The number of ether oxygens (including phenoxy) is 1. The molecule has 1 amide bonds. The number of aliphatic hydroxyl groups is 1. The zero-order valence-corrected chi connectivity index (χ0v) is 22.6. The van der Waals surface area contributed by atoms with Crippen molar-refractivity contribution in [3.05, 3.63) is 59.4 Å². The van der Waals surface area contributed by atoms with Gasteiger partial charge in [-0.05, 0) is 51.4 Å². The number of amides is 1. The molecule has 0 fully saturated rings. The molecule has 1 aliphatic heterocycles. The summed E-state index contributed by atoms with van der Waals surface area (Å²) in [6, 6.07) is 9.75. The number of hydrogen-bond donors (Lipinski definition) is 1. The largest absolute Gasteiger partial charge is 0.487 e. The normalized spacial score (nSPS) is 20.0. The predicted molar refractivity (Wildman–Crippen MR) is 139 cm³/mol. The Morgan fingerprint density at radius 1 is 1.24 bits per heavy atom. The van der Waals surface area contributed by atoms with Crippen molar-refractivity contribution >= 4 is 15.9 Å². The molecule has 8 nitrogen and oxygen atoms in total. The minimum Gasteiger partial charge on any atom is -0.487 e. The Labute approximate surface area is 218 Å². The number of aliphatic hydroxyl groups excluding tert-OH is 1. The van der Waals surface area contributed by atoms with Gasteiger partial charge in [-0.2, -0.15) is 4.31 Å². The number of rotatable bonds is 6. The molecule has 200 valence electrons. The molecule has 0 radical (unpaired) electrons. The Hall–Kier alpha value is -2.97. The Balaban J connectivity index is 2.01. The van der Waals surface area contributed by atoms with Crippen LogP contribution < -0.4 is 4.74 Å². The smallest absolute Gasteiger partial charge is 0.256 e. The van der Waals surface area contributed by atoms with Gasteiger partial charge in [0.15, 0.2) is 0 Å². The number of halogens is 1. The summed E-state index contributed by atoms with van der Waals surface area (Å²) in [6.07, 6.45) is -0.617. The maximum atomic E-state index is 14.2. The summed E-state index contributed by atoms with van der Waals surface area (Å²) in [5.74, 6) is 4.67. The zero-order chi connectivity index (χ0) is 27.3. The van der Waals surface area contributed by atoms with E-state index in [4.69, 9.17) is 4.74 Å². The maximum Gasteiger partial charge on any atom is 0.256 e.